The van der Waals surface area contributed by atoms with Gasteiger partial charge in [-0.15, -0.1) is 0 Å². The van der Waals surface area contributed by atoms with Crippen LogP contribution in [0.25, 0.3) is 0 Å². The third-order valence-electron chi connectivity index (χ3n) is 2.81. The molecule has 1 aromatic carbocycles. The van der Waals surface area contributed by atoms with Crippen molar-refractivity contribution >= 4 is 0 Å². The van der Waals surface area contributed by atoms with Crippen molar-refractivity contribution in [3.05, 3.63) is 29.8 Å². The van der Waals surface area contributed by atoms with Crippen molar-refractivity contribution in [3.8, 4) is 5.75 Å². The van der Waals surface area contributed by atoms with Gasteiger partial charge in [-0.2, -0.15) is 13.2 Å². The fourth-order valence-electron chi connectivity index (χ4n) is 1.73. The molecule has 2 nitrogen and oxygen atoms in total. The predicted molar refractivity (Wildman–Crippen MR) is 69.2 cm³/mol. The van der Waals surface area contributed by atoms with Crippen molar-refractivity contribution in [1.82, 2.24) is 0 Å². The number of rotatable bonds is 6. The van der Waals surface area contributed by atoms with Crippen LogP contribution in [-0.2, 0) is 6.42 Å². The third-order valence-corrected chi connectivity index (χ3v) is 2.81. The number of unbranched alkanes of at least 4 members (excludes halogenated alkanes) is 1. The van der Waals surface area contributed by atoms with Crippen molar-refractivity contribution in [2.24, 2.45) is 5.73 Å². The molecule has 0 spiro atoms. The molecule has 5 heteroatoms. The Bertz CT molecular complexity index is 373. The number of halogens is 3. The molecule has 0 fully saturated rings. The third kappa shape index (κ3) is 5.11. The molecule has 0 aromatic heterocycles. The molecule has 0 aliphatic carbocycles. The van der Waals surface area contributed by atoms with Crippen LogP contribution in [0.2, 0.25) is 0 Å². The van der Waals surface area contributed by atoms with Crippen molar-refractivity contribution < 1.29 is 17.9 Å². The Morgan fingerprint density at radius 2 is 1.79 bits per heavy atom. The Kier molecular flexibility index (Phi) is 5.66. The van der Waals surface area contributed by atoms with Gasteiger partial charge in [0.15, 0.2) is 0 Å². The van der Waals surface area contributed by atoms with Crippen LogP contribution in [0.15, 0.2) is 24.3 Å². The van der Waals surface area contributed by atoms with E-state index in [9.17, 15) is 13.2 Å². The summed E-state index contributed by atoms with van der Waals surface area (Å²) >= 11 is 0. The van der Waals surface area contributed by atoms with Crippen LogP contribution in [0, 0.1) is 0 Å². The highest BCUT2D eigenvalue weighted by molar-refractivity contribution is 5.27. The largest absolute Gasteiger partial charge is 0.479 e. The second-order valence-electron chi connectivity index (χ2n) is 4.69. The molecule has 0 amide bonds. The zero-order valence-electron chi connectivity index (χ0n) is 11.2. The van der Waals surface area contributed by atoms with Gasteiger partial charge in [0.1, 0.15) is 5.75 Å². The second-order valence-corrected chi connectivity index (χ2v) is 4.69. The van der Waals surface area contributed by atoms with Crippen molar-refractivity contribution in [1.29, 1.82) is 0 Å². The maximum absolute atomic E-state index is 12.7. The summed E-state index contributed by atoms with van der Waals surface area (Å²) < 4.78 is 43.0. The van der Waals surface area contributed by atoms with Crippen LogP contribution in [0.3, 0.4) is 0 Å². The summed E-state index contributed by atoms with van der Waals surface area (Å²) in [6, 6.07) is 5.59. The van der Waals surface area contributed by atoms with Crippen LogP contribution in [-0.4, -0.2) is 18.3 Å². The van der Waals surface area contributed by atoms with Gasteiger partial charge in [-0.25, -0.2) is 0 Å². The van der Waals surface area contributed by atoms with Gasteiger partial charge in [0, 0.05) is 6.04 Å². The summed E-state index contributed by atoms with van der Waals surface area (Å²) in [5, 5.41) is 0. The maximum atomic E-state index is 12.7. The molecule has 19 heavy (non-hydrogen) atoms. The van der Waals surface area contributed by atoms with E-state index in [0.29, 0.717) is 0 Å². The first-order valence-corrected chi connectivity index (χ1v) is 6.42. The van der Waals surface area contributed by atoms with E-state index in [4.69, 9.17) is 10.5 Å². The highest BCUT2D eigenvalue weighted by Crippen LogP contribution is 2.27. The zero-order chi connectivity index (χ0) is 14.5. The molecule has 108 valence electrons. The molecule has 0 saturated carbocycles. The molecular weight excluding hydrogens is 255 g/mol. The van der Waals surface area contributed by atoms with Gasteiger partial charge in [0.05, 0.1) is 0 Å². The van der Waals surface area contributed by atoms with Gasteiger partial charge in [-0.05, 0) is 37.5 Å². The molecule has 0 saturated heterocycles. The van der Waals surface area contributed by atoms with Gasteiger partial charge in [0.2, 0.25) is 6.10 Å². The summed E-state index contributed by atoms with van der Waals surface area (Å²) in [4.78, 5) is 0. The Balaban J connectivity index is 2.70. The topological polar surface area (TPSA) is 35.2 Å². The molecule has 0 heterocycles. The van der Waals surface area contributed by atoms with Gasteiger partial charge in [0.25, 0.3) is 0 Å². The van der Waals surface area contributed by atoms with E-state index in [2.05, 4.69) is 6.92 Å². The number of hydrogen-bond donors (Lipinski definition) is 1. The molecule has 1 aromatic rings. The normalized spacial score (nSPS) is 15.1. The lowest BCUT2D eigenvalue weighted by molar-refractivity contribution is -0.199. The molecular formula is C14H20F3NO. The fourth-order valence-corrected chi connectivity index (χ4v) is 1.73. The van der Waals surface area contributed by atoms with Gasteiger partial charge < -0.3 is 10.5 Å². The maximum Gasteiger partial charge on any atom is 0.426 e. The first kappa shape index (κ1) is 15.8. The van der Waals surface area contributed by atoms with Crippen molar-refractivity contribution in [2.45, 2.75) is 51.4 Å². The van der Waals surface area contributed by atoms with E-state index in [1.807, 2.05) is 0 Å². The molecule has 1 rings (SSSR count). The number of nitrogens with two attached hydrogens (primary N) is 1. The molecule has 2 atom stereocenters. The summed E-state index contributed by atoms with van der Waals surface area (Å²) in [7, 11) is 0. The average molecular weight is 275 g/mol. The average Bonchev–Trinajstić information content (AvgIpc) is 2.33. The van der Waals surface area contributed by atoms with E-state index >= 15 is 0 Å². The minimum atomic E-state index is -4.46. The van der Waals surface area contributed by atoms with Crippen molar-refractivity contribution in [3.63, 3.8) is 0 Å². The van der Waals surface area contributed by atoms with E-state index < -0.39 is 18.3 Å². The summed E-state index contributed by atoms with van der Waals surface area (Å²) in [5.74, 6) is 0.194. The second kappa shape index (κ2) is 6.80. The fraction of sp³-hybridized carbons (Fsp3) is 0.571. The Morgan fingerprint density at radius 3 is 2.21 bits per heavy atom. The monoisotopic (exact) mass is 275 g/mol. The number of alkyl halides is 3. The van der Waals surface area contributed by atoms with Crippen LogP contribution < -0.4 is 10.5 Å². The standard InChI is InChI=1S/C14H20F3NO/c1-3-4-5-11-6-8-12(9-7-11)19-13(10(2)18)14(15,16)17/h6-10,13H,3-5,18H2,1-2H3. The van der Waals surface area contributed by atoms with E-state index in [1.54, 1.807) is 24.3 Å². The predicted octanol–water partition coefficient (Wildman–Crippen LogP) is 3.69. The zero-order valence-corrected chi connectivity index (χ0v) is 11.2. The Hall–Kier alpha value is -1.23. The Labute approximate surface area is 111 Å². The van der Waals surface area contributed by atoms with Crippen LogP contribution in [0.1, 0.15) is 32.3 Å². The van der Waals surface area contributed by atoms with Crippen LogP contribution >= 0.6 is 0 Å². The first-order valence-electron chi connectivity index (χ1n) is 6.42. The smallest absolute Gasteiger partial charge is 0.426 e. The molecule has 0 aliphatic rings. The van der Waals surface area contributed by atoms with Gasteiger partial charge in [-0.3, -0.25) is 0 Å². The molecule has 2 unspecified atom stereocenters. The molecule has 0 radical (unpaired) electrons. The number of ether oxygens (including phenoxy) is 1. The lowest BCUT2D eigenvalue weighted by atomic mass is 10.1. The lowest BCUT2D eigenvalue weighted by Crippen LogP contribution is -2.47. The molecule has 0 aliphatic heterocycles. The number of aryl methyl sites for hydroxylation is 1. The quantitative estimate of drug-likeness (QED) is 0.859. The molecule has 2 N–H and O–H groups in total. The minimum absolute atomic E-state index is 0.194. The molecule has 0 bridgehead atoms. The minimum Gasteiger partial charge on any atom is -0.479 e. The lowest BCUT2D eigenvalue weighted by Gasteiger charge is -2.24. The summed E-state index contributed by atoms with van der Waals surface area (Å²) in [6.45, 7) is 3.38. The van der Waals surface area contributed by atoms with E-state index in [0.717, 1.165) is 24.8 Å². The van der Waals surface area contributed by atoms with Crippen LogP contribution in [0.4, 0.5) is 13.2 Å². The summed E-state index contributed by atoms with van der Waals surface area (Å²) in [6.07, 6.45) is -3.37. The number of hydrogen-bond acceptors (Lipinski definition) is 2. The highest BCUT2D eigenvalue weighted by Gasteiger charge is 2.44. The van der Waals surface area contributed by atoms with E-state index in [1.165, 1.54) is 6.92 Å². The van der Waals surface area contributed by atoms with Gasteiger partial charge in [-0.1, -0.05) is 25.5 Å². The number of benzene rings is 1. The van der Waals surface area contributed by atoms with Crippen molar-refractivity contribution in [2.75, 3.05) is 0 Å². The van der Waals surface area contributed by atoms with Gasteiger partial charge >= 0.3 is 6.18 Å². The summed E-state index contributed by atoms with van der Waals surface area (Å²) in [5.41, 5.74) is 6.42. The first-order chi connectivity index (χ1) is 8.84. The van der Waals surface area contributed by atoms with Crippen LogP contribution in [0.5, 0.6) is 5.75 Å². The highest BCUT2D eigenvalue weighted by atomic mass is 19.4. The Morgan fingerprint density at radius 1 is 1.21 bits per heavy atom. The van der Waals surface area contributed by atoms with E-state index in [-0.39, 0.29) is 5.75 Å². The SMILES string of the molecule is CCCCc1ccc(OC(C(C)N)C(F)(F)F)cc1.